The average Bonchev–Trinajstić information content (AvgIpc) is 3.26. The Morgan fingerprint density at radius 3 is 2.71 bits per heavy atom. The number of carbonyl (C=O) groups excluding carboxylic acids is 1. The van der Waals surface area contributed by atoms with Crippen molar-refractivity contribution >= 4 is 29.1 Å². The van der Waals surface area contributed by atoms with Crippen molar-refractivity contribution < 1.29 is 14.3 Å². The molecule has 1 saturated heterocycles. The highest BCUT2D eigenvalue weighted by molar-refractivity contribution is 5.89. The average molecular weight is 405 g/mol. The number of hydrogen-bond acceptors (Lipinski definition) is 4. The molecule has 2 aromatic carbocycles. The van der Waals surface area contributed by atoms with E-state index in [9.17, 15) is 4.79 Å². The van der Waals surface area contributed by atoms with Crippen molar-refractivity contribution in [3.63, 3.8) is 0 Å². The number of benzene rings is 2. The molecule has 1 unspecified atom stereocenters. The first kappa shape index (κ1) is 20.9. The number of ether oxygens (including phenoxy) is 2. The third-order valence-electron chi connectivity index (χ3n) is 5.80. The Bertz CT molecular complexity index is 801. The van der Waals surface area contributed by atoms with E-state index in [-0.39, 0.29) is 30.5 Å². The Morgan fingerprint density at radius 2 is 2.00 bits per heavy atom. The summed E-state index contributed by atoms with van der Waals surface area (Å²) in [5.74, 6) is 0.941. The van der Waals surface area contributed by atoms with Crippen molar-refractivity contribution in [2.24, 2.45) is 0 Å². The number of fused-ring (bicyclic) bond motifs is 1. The van der Waals surface area contributed by atoms with Crippen LogP contribution in [0, 0.1) is 0 Å². The second-order valence-electron chi connectivity index (χ2n) is 7.44. The van der Waals surface area contributed by atoms with E-state index in [2.05, 4.69) is 28.4 Å². The minimum absolute atomic E-state index is 0. The van der Waals surface area contributed by atoms with E-state index in [1.54, 1.807) is 7.11 Å². The Balaban J connectivity index is 0.00000225. The summed E-state index contributed by atoms with van der Waals surface area (Å²) in [6.45, 7) is 2.56. The second-order valence-corrected chi connectivity index (χ2v) is 7.44. The summed E-state index contributed by atoms with van der Waals surface area (Å²) in [7, 11) is 1.70. The molecule has 2 aliphatic rings. The number of methoxy groups -OCH3 is 1. The summed E-state index contributed by atoms with van der Waals surface area (Å²) in [6.07, 6.45) is 4.12. The van der Waals surface area contributed by atoms with Gasteiger partial charge < -0.3 is 19.7 Å². The maximum Gasteiger partial charge on any atom is 0.253 e. The van der Waals surface area contributed by atoms with Crippen LogP contribution in [0.2, 0.25) is 0 Å². The Hall–Kier alpha value is -1.82. The smallest absolute Gasteiger partial charge is 0.253 e. The fourth-order valence-corrected chi connectivity index (χ4v) is 4.35. The molecule has 1 aliphatic carbocycles. The largest absolute Gasteiger partial charge is 0.496 e. The molecule has 28 heavy (non-hydrogen) atoms. The van der Waals surface area contributed by atoms with E-state index in [1.807, 2.05) is 18.2 Å². The topological polar surface area (TPSA) is 50.8 Å². The first-order valence-corrected chi connectivity index (χ1v) is 9.95. The fraction of sp³-hybridized carbons (Fsp3) is 0.500. The molecule has 4 rings (SSSR count). The molecule has 0 radical (unpaired) electrons. The lowest BCUT2D eigenvalue weighted by atomic mass is 10.0. The predicted molar refractivity (Wildman–Crippen MR) is 113 cm³/mol. The highest BCUT2D eigenvalue weighted by atomic mass is 35.5. The van der Waals surface area contributed by atoms with Gasteiger partial charge in [0.05, 0.1) is 20.3 Å². The monoisotopic (exact) mass is 404 g/mol. The van der Waals surface area contributed by atoms with E-state index in [0.717, 1.165) is 36.1 Å². The van der Waals surface area contributed by atoms with Gasteiger partial charge in [-0.3, -0.25) is 4.79 Å². The molecule has 0 spiro atoms. The lowest BCUT2D eigenvalue weighted by molar-refractivity contribution is -0.148. The van der Waals surface area contributed by atoms with Gasteiger partial charge in [0.2, 0.25) is 0 Å². The van der Waals surface area contributed by atoms with Crippen LogP contribution in [0.3, 0.4) is 0 Å². The minimum Gasteiger partial charge on any atom is -0.496 e. The Morgan fingerprint density at radius 1 is 1.21 bits per heavy atom. The van der Waals surface area contributed by atoms with E-state index >= 15 is 0 Å². The summed E-state index contributed by atoms with van der Waals surface area (Å²) in [5, 5.41) is 5.60. The zero-order valence-electron chi connectivity index (χ0n) is 16.4. The van der Waals surface area contributed by atoms with Crippen molar-refractivity contribution in [2.45, 2.75) is 44.4 Å². The standard InChI is InChI=1S/C22H28N2O3.ClH/c1-26-20-11-10-16-6-2-5-9-18(16)19(20)15-24(17-7-3-4-8-17)22(25)21-14-23-12-13-27-21;/h2,5-6,9-11,17,21,23H,3-4,7-8,12-15H2,1H3;1H. The van der Waals surface area contributed by atoms with E-state index in [1.165, 1.54) is 18.2 Å². The number of carbonyl (C=O) groups is 1. The first-order valence-electron chi connectivity index (χ1n) is 9.95. The van der Waals surface area contributed by atoms with Gasteiger partial charge in [0.15, 0.2) is 0 Å². The summed E-state index contributed by atoms with van der Waals surface area (Å²) >= 11 is 0. The minimum atomic E-state index is -0.389. The van der Waals surface area contributed by atoms with Crippen molar-refractivity contribution in [1.82, 2.24) is 10.2 Å². The van der Waals surface area contributed by atoms with Crippen LogP contribution in [0.5, 0.6) is 5.75 Å². The normalized spacial score (nSPS) is 20.0. The molecule has 5 nitrogen and oxygen atoms in total. The summed E-state index contributed by atoms with van der Waals surface area (Å²) in [6, 6.07) is 12.7. The number of halogens is 1. The van der Waals surface area contributed by atoms with Crippen LogP contribution in [0.15, 0.2) is 36.4 Å². The number of morpholine rings is 1. The van der Waals surface area contributed by atoms with Crippen LogP contribution in [0.25, 0.3) is 10.8 Å². The van der Waals surface area contributed by atoms with Gasteiger partial charge in [-0.15, -0.1) is 12.4 Å². The molecule has 2 aromatic rings. The highest BCUT2D eigenvalue weighted by Gasteiger charge is 2.33. The van der Waals surface area contributed by atoms with Gasteiger partial charge in [0.1, 0.15) is 11.9 Å². The molecule has 0 aromatic heterocycles. The maximum atomic E-state index is 13.3. The van der Waals surface area contributed by atoms with Crippen LogP contribution in [0.1, 0.15) is 31.2 Å². The SMILES string of the molecule is COc1ccc2ccccc2c1CN(C(=O)C1CNCCO1)C1CCCC1.Cl. The van der Waals surface area contributed by atoms with Gasteiger partial charge in [-0.05, 0) is 29.7 Å². The van der Waals surface area contributed by atoms with Gasteiger partial charge >= 0.3 is 0 Å². The molecule has 1 atom stereocenters. The number of rotatable bonds is 5. The highest BCUT2D eigenvalue weighted by Crippen LogP contribution is 2.32. The third-order valence-corrected chi connectivity index (χ3v) is 5.80. The number of amides is 1. The number of nitrogens with one attached hydrogen (secondary N) is 1. The van der Waals surface area contributed by atoms with Crippen LogP contribution < -0.4 is 10.1 Å². The summed E-state index contributed by atoms with van der Waals surface area (Å²) < 4.78 is 11.4. The summed E-state index contributed by atoms with van der Waals surface area (Å²) in [5.41, 5.74) is 1.08. The number of nitrogens with zero attached hydrogens (tertiary/aromatic N) is 1. The molecule has 1 heterocycles. The van der Waals surface area contributed by atoms with Crippen LogP contribution in [-0.4, -0.2) is 49.8 Å². The quantitative estimate of drug-likeness (QED) is 0.828. The molecule has 1 saturated carbocycles. The fourth-order valence-electron chi connectivity index (χ4n) is 4.35. The second kappa shape index (κ2) is 9.59. The summed E-state index contributed by atoms with van der Waals surface area (Å²) in [4.78, 5) is 15.4. The van der Waals surface area contributed by atoms with E-state index < -0.39 is 0 Å². The number of hydrogen-bond donors (Lipinski definition) is 1. The first-order chi connectivity index (χ1) is 13.3. The van der Waals surface area contributed by atoms with Crippen LogP contribution >= 0.6 is 12.4 Å². The van der Waals surface area contributed by atoms with Crippen molar-refractivity contribution in [2.75, 3.05) is 26.8 Å². The zero-order chi connectivity index (χ0) is 18.6. The van der Waals surface area contributed by atoms with E-state index in [0.29, 0.717) is 19.7 Å². The van der Waals surface area contributed by atoms with Gasteiger partial charge in [0.25, 0.3) is 5.91 Å². The molecular weight excluding hydrogens is 376 g/mol. The molecule has 1 amide bonds. The lowest BCUT2D eigenvalue weighted by Crippen LogP contribution is -2.51. The van der Waals surface area contributed by atoms with Crippen molar-refractivity contribution in [3.05, 3.63) is 42.0 Å². The Kier molecular flexibility index (Phi) is 7.16. The molecular formula is C22H29ClN2O3. The van der Waals surface area contributed by atoms with Gasteiger partial charge in [0, 0.05) is 24.7 Å². The molecule has 2 fully saturated rings. The van der Waals surface area contributed by atoms with Gasteiger partial charge in [-0.1, -0.05) is 43.2 Å². The van der Waals surface area contributed by atoms with E-state index in [4.69, 9.17) is 9.47 Å². The molecule has 152 valence electrons. The molecule has 6 heteroatoms. The van der Waals surface area contributed by atoms with Crippen LogP contribution in [-0.2, 0) is 16.1 Å². The molecule has 0 bridgehead atoms. The van der Waals surface area contributed by atoms with Gasteiger partial charge in [-0.2, -0.15) is 0 Å². The Labute approximate surface area is 172 Å². The molecule has 1 aliphatic heterocycles. The zero-order valence-corrected chi connectivity index (χ0v) is 17.2. The lowest BCUT2D eigenvalue weighted by Gasteiger charge is -2.34. The van der Waals surface area contributed by atoms with Crippen LogP contribution in [0.4, 0.5) is 0 Å². The third kappa shape index (κ3) is 4.27. The van der Waals surface area contributed by atoms with Crippen molar-refractivity contribution in [1.29, 1.82) is 0 Å². The predicted octanol–water partition coefficient (Wildman–Crippen LogP) is 3.53. The van der Waals surface area contributed by atoms with Crippen molar-refractivity contribution in [3.8, 4) is 5.75 Å². The maximum absolute atomic E-state index is 13.3. The molecule has 1 N–H and O–H groups in total. The van der Waals surface area contributed by atoms with Gasteiger partial charge in [-0.25, -0.2) is 0 Å².